The van der Waals surface area contributed by atoms with Crippen molar-refractivity contribution in [3.05, 3.63) is 67.6 Å². The minimum atomic E-state index is -0.644. The van der Waals surface area contributed by atoms with Crippen LogP contribution in [0.25, 0.3) is 0 Å². The Bertz CT molecular complexity index is 940. The van der Waals surface area contributed by atoms with Crippen molar-refractivity contribution in [1.29, 1.82) is 0 Å². The van der Waals surface area contributed by atoms with E-state index in [-0.39, 0.29) is 30.2 Å². The van der Waals surface area contributed by atoms with Crippen molar-refractivity contribution in [2.45, 2.75) is 45.2 Å². The molecule has 0 unspecified atom stereocenters. The highest BCUT2D eigenvalue weighted by atomic mass is 35.5. The molecule has 0 aliphatic rings. The lowest BCUT2D eigenvalue weighted by atomic mass is 10.1. The summed E-state index contributed by atoms with van der Waals surface area (Å²) >= 11 is 25.6. The molecule has 1 N–H and O–H groups in total. The maximum absolute atomic E-state index is 13.1. The topological polar surface area (TPSA) is 49.4 Å². The Balaban J connectivity index is 2.11. The monoisotopic (exact) mass is 520 g/mol. The fourth-order valence-corrected chi connectivity index (χ4v) is 4.29. The highest BCUT2D eigenvalue weighted by Gasteiger charge is 2.26. The summed E-state index contributed by atoms with van der Waals surface area (Å²) in [5, 5.41) is 4.67. The van der Waals surface area contributed by atoms with Crippen LogP contribution in [0.4, 0.5) is 0 Å². The third-order valence-corrected chi connectivity index (χ3v) is 6.88. The smallest absolute Gasteiger partial charge is 0.242 e. The van der Waals surface area contributed by atoms with Crippen molar-refractivity contribution >= 4 is 70.0 Å². The van der Waals surface area contributed by atoms with Crippen LogP contribution in [0.2, 0.25) is 20.1 Å². The molecule has 0 saturated carbocycles. The first kappa shape index (κ1) is 26.1. The standard InChI is InChI=1S/C22H24Cl4N2O2S/c1-13(2)27-22(30)14(3)28(10-15-4-6-17(23)19(25)8-15)21(29)12-31-11-16-5-7-18(24)20(26)9-16/h4-9,13-14H,10-12H2,1-3H3,(H,27,30)/t14-/m0/s1. The average molecular weight is 522 g/mol. The minimum absolute atomic E-state index is 0.0269. The molecule has 4 nitrogen and oxygen atoms in total. The molecule has 0 heterocycles. The number of hydrogen-bond acceptors (Lipinski definition) is 3. The minimum Gasteiger partial charge on any atom is -0.352 e. The Morgan fingerprint density at radius 1 is 0.903 bits per heavy atom. The first-order valence-corrected chi connectivity index (χ1v) is 12.3. The predicted molar refractivity (Wildman–Crippen MR) is 132 cm³/mol. The van der Waals surface area contributed by atoms with Crippen LogP contribution < -0.4 is 5.32 Å². The van der Waals surface area contributed by atoms with E-state index >= 15 is 0 Å². The molecule has 1 atom stereocenters. The van der Waals surface area contributed by atoms with Crippen molar-refractivity contribution in [2.24, 2.45) is 0 Å². The molecule has 2 aromatic carbocycles. The Morgan fingerprint density at radius 2 is 1.45 bits per heavy atom. The quantitative estimate of drug-likeness (QED) is 0.411. The van der Waals surface area contributed by atoms with E-state index in [9.17, 15) is 9.59 Å². The lowest BCUT2D eigenvalue weighted by molar-refractivity contribution is -0.138. The van der Waals surface area contributed by atoms with E-state index < -0.39 is 6.04 Å². The molecule has 0 saturated heterocycles. The van der Waals surface area contributed by atoms with Crippen molar-refractivity contribution in [3.8, 4) is 0 Å². The first-order valence-electron chi connectivity index (χ1n) is 9.64. The van der Waals surface area contributed by atoms with Crippen molar-refractivity contribution in [3.63, 3.8) is 0 Å². The average Bonchev–Trinajstić information content (AvgIpc) is 2.70. The molecule has 168 valence electrons. The van der Waals surface area contributed by atoms with Gasteiger partial charge in [-0.1, -0.05) is 58.5 Å². The number of rotatable bonds is 9. The first-order chi connectivity index (χ1) is 14.6. The second-order valence-electron chi connectivity index (χ2n) is 7.35. The van der Waals surface area contributed by atoms with Gasteiger partial charge in [0.15, 0.2) is 0 Å². The summed E-state index contributed by atoms with van der Waals surface area (Å²) in [4.78, 5) is 27.2. The van der Waals surface area contributed by atoms with Gasteiger partial charge in [0.05, 0.1) is 25.8 Å². The Hall–Kier alpha value is -1.11. The molecule has 2 aromatic rings. The molecular weight excluding hydrogens is 498 g/mol. The third-order valence-electron chi connectivity index (χ3n) is 4.41. The SMILES string of the molecule is CC(C)NC(=O)[C@H](C)N(Cc1ccc(Cl)c(Cl)c1)C(=O)CSCc1ccc(Cl)c(Cl)c1. The zero-order valence-electron chi connectivity index (χ0n) is 17.4. The highest BCUT2D eigenvalue weighted by molar-refractivity contribution is 7.99. The number of halogens is 4. The van der Waals surface area contributed by atoms with E-state index in [1.165, 1.54) is 11.8 Å². The second-order valence-corrected chi connectivity index (χ2v) is 9.97. The number of nitrogens with one attached hydrogen (secondary N) is 1. The summed E-state index contributed by atoms with van der Waals surface area (Å²) in [6.45, 7) is 5.72. The molecule has 0 fully saturated rings. The Morgan fingerprint density at radius 3 is 2.00 bits per heavy atom. The molecule has 0 aliphatic carbocycles. The number of carbonyl (C=O) groups is 2. The van der Waals surface area contributed by atoms with Gasteiger partial charge < -0.3 is 10.2 Å². The van der Waals surface area contributed by atoms with Gasteiger partial charge in [-0.15, -0.1) is 11.8 Å². The molecule has 0 aliphatic heterocycles. The fraction of sp³-hybridized carbons (Fsp3) is 0.364. The number of amides is 2. The van der Waals surface area contributed by atoms with E-state index in [0.29, 0.717) is 25.8 Å². The Labute approximate surface area is 207 Å². The molecule has 0 spiro atoms. The van der Waals surface area contributed by atoms with E-state index in [4.69, 9.17) is 46.4 Å². The van der Waals surface area contributed by atoms with Crippen LogP contribution in [0.5, 0.6) is 0 Å². The van der Waals surface area contributed by atoms with E-state index in [0.717, 1.165) is 11.1 Å². The van der Waals surface area contributed by atoms with Gasteiger partial charge in [-0.3, -0.25) is 9.59 Å². The summed E-state index contributed by atoms with van der Waals surface area (Å²) in [5.41, 5.74) is 1.76. The lowest BCUT2D eigenvalue weighted by Crippen LogP contribution is -2.49. The molecule has 31 heavy (non-hydrogen) atoms. The van der Waals surface area contributed by atoms with Crippen molar-refractivity contribution in [1.82, 2.24) is 10.2 Å². The fourth-order valence-electron chi connectivity index (χ4n) is 2.79. The van der Waals surface area contributed by atoms with Gasteiger partial charge in [0.1, 0.15) is 6.04 Å². The zero-order chi connectivity index (χ0) is 23.1. The summed E-state index contributed by atoms with van der Waals surface area (Å²) in [5.74, 6) is 0.442. The summed E-state index contributed by atoms with van der Waals surface area (Å²) in [6.07, 6.45) is 0. The van der Waals surface area contributed by atoms with Crippen molar-refractivity contribution in [2.75, 3.05) is 5.75 Å². The number of benzene rings is 2. The van der Waals surface area contributed by atoms with Crippen LogP contribution in [0.3, 0.4) is 0 Å². The zero-order valence-corrected chi connectivity index (χ0v) is 21.3. The summed E-state index contributed by atoms with van der Waals surface area (Å²) in [6, 6.07) is 9.91. The van der Waals surface area contributed by atoms with Crippen molar-refractivity contribution < 1.29 is 9.59 Å². The van der Waals surface area contributed by atoms with Crippen LogP contribution in [-0.4, -0.2) is 34.6 Å². The van der Waals surface area contributed by atoms with E-state index in [1.807, 2.05) is 19.9 Å². The molecular formula is C22H24Cl4N2O2S. The van der Waals surface area contributed by atoms with E-state index in [2.05, 4.69) is 5.32 Å². The largest absolute Gasteiger partial charge is 0.352 e. The number of carbonyl (C=O) groups excluding carboxylic acids is 2. The molecule has 0 aromatic heterocycles. The van der Waals surface area contributed by atoms with Gasteiger partial charge in [-0.25, -0.2) is 0 Å². The highest BCUT2D eigenvalue weighted by Crippen LogP contribution is 2.26. The van der Waals surface area contributed by atoms with E-state index in [1.54, 1.807) is 42.2 Å². The van der Waals surface area contributed by atoms with Crippen LogP contribution in [0.15, 0.2) is 36.4 Å². The summed E-state index contributed by atoms with van der Waals surface area (Å²) < 4.78 is 0. The third kappa shape index (κ3) is 8.07. The molecule has 9 heteroatoms. The molecule has 2 rings (SSSR count). The van der Waals surface area contributed by atoms with Gasteiger partial charge in [-0.05, 0) is 56.2 Å². The molecule has 2 amide bonds. The van der Waals surface area contributed by atoms with Crippen LogP contribution >= 0.6 is 58.2 Å². The van der Waals surface area contributed by atoms with Crippen LogP contribution in [-0.2, 0) is 21.9 Å². The Kier molecular flexibility index (Phi) is 10.3. The molecule has 0 radical (unpaired) electrons. The normalized spacial score (nSPS) is 12.0. The van der Waals surface area contributed by atoms with Gasteiger partial charge in [0, 0.05) is 18.3 Å². The number of nitrogens with zero attached hydrogens (tertiary/aromatic N) is 1. The number of hydrogen-bond donors (Lipinski definition) is 1. The predicted octanol–water partition coefficient (Wildman–Crippen LogP) is 6.48. The summed E-state index contributed by atoms with van der Waals surface area (Å²) in [7, 11) is 0. The van der Waals surface area contributed by atoms with Gasteiger partial charge in [0.25, 0.3) is 0 Å². The maximum Gasteiger partial charge on any atom is 0.242 e. The number of thioether (sulfide) groups is 1. The van der Waals surface area contributed by atoms with Crippen LogP contribution in [0.1, 0.15) is 31.9 Å². The van der Waals surface area contributed by atoms with Gasteiger partial charge >= 0.3 is 0 Å². The second kappa shape index (κ2) is 12.2. The lowest BCUT2D eigenvalue weighted by Gasteiger charge is -2.29. The van der Waals surface area contributed by atoms with Crippen LogP contribution in [0, 0.1) is 0 Å². The maximum atomic E-state index is 13.1. The molecule has 0 bridgehead atoms. The van der Waals surface area contributed by atoms with Gasteiger partial charge in [0.2, 0.25) is 11.8 Å². The van der Waals surface area contributed by atoms with Gasteiger partial charge in [-0.2, -0.15) is 0 Å².